The fourth-order valence-corrected chi connectivity index (χ4v) is 10.5. The molecule has 0 radical (unpaired) electrons. The van der Waals surface area contributed by atoms with Crippen LogP contribution in [0.2, 0.25) is 0 Å². The molecule has 3 aromatic carbocycles. The van der Waals surface area contributed by atoms with E-state index in [0.29, 0.717) is 63.4 Å². The minimum absolute atomic E-state index is 0.0670. The molecule has 0 aliphatic carbocycles. The lowest BCUT2D eigenvalue weighted by Crippen LogP contribution is -2.64. The minimum atomic E-state index is -2.70. The molecule has 61 heavy (non-hydrogen) atoms. The van der Waals surface area contributed by atoms with E-state index in [1.165, 1.54) is 29.0 Å². The van der Waals surface area contributed by atoms with Crippen molar-refractivity contribution in [3.63, 3.8) is 0 Å². The van der Waals surface area contributed by atoms with Crippen molar-refractivity contribution in [2.45, 2.75) is 76.7 Å². The minimum Gasteiger partial charge on any atom is -0.370 e. The number of nitrogens with one attached hydrogen (secondary N) is 2. The van der Waals surface area contributed by atoms with Gasteiger partial charge in [0.1, 0.15) is 17.7 Å². The number of imide groups is 1. The van der Waals surface area contributed by atoms with Crippen LogP contribution >= 0.6 is 0 Å². The number of fused-ring (bicyclic) bond motifs is 4. The van der Waals surface area contributed by atoms with Gasteiger partial charge in [0.25, 0.3) is 12.3 Å². The first-order valence-electron chi connectivity index (χ1n) is 20.8. The molecule has 0 bridgehead atoms. The number of anilines is 1. The second kappa shape index (κ2) is 15.7. The van der Waals surface area contributed by atoms with Crippen molar-refractivity contribution >= 4 is 46.5 Å². The first-order valence-corrected chi connectivity index (χ1v) is 20.8. The van der Waals surface area contributed by atoms with Crippen LogP contribution in [0.4, 0.5) is 23.2 Å². The highest BCUT2D eigenvalue weighted by atomic mass is 19.3. The third-order valence-electron chi connectivity index (χ3n) is 13.5. The van der Waals surface area contributed by atoms with Gasteiger partial charge in [-0.15, -0.1) is 0 Å². The Morgan fingerprint density at radius 2 is 1.74 bits per heavy atom. The van der Waals surface area contributed by atoms with E-state index in [9.17, 15) is 32.8 Å². The second-order valence-corrected chi connectivity index (χ2v) is 17.6. The van der Waals surface area contributed by atoms with Gasteiger partial charge in [-0.3, -0.25) is 39.1 Å². The zero-order valence-corrected chi connectivity index (χ0v) is 34.0. The Hall–Kier alpha value is -5.61. The molecule has 5 aliphatic rings. The van der Waals surface area contributed by atoms with Crippen molar-refractivity contribution < 1.29 is 41.5 Å². The van der Waals surface area contributed by atoms with Crippen LogP contribution in [0.3, 0.4) is 0 Å². The van der Waals surface area contributed by atoms with E-state index in [2.05, 4.69) is 10.3 Å². The number of halogens is 4. The number of carbonyl (C=O) groups is 5. The van der Waals surface area contributed by atoms with Gasteiger partial charge in [-0.2, -0.15) is 0 Å². The molecule has 12 nitrogen and oxygen atoms in total. The van der Waals surface area contributed by atoms with Crippen LogP contribution in [-0.2, 0) is 33.9 Å². The maximum Gasteiger partial charge on any atom is 0.255 e. The summed E-state index contributed by atoms with van der Waals surface area (Å²) < 4.78 is 60.5. The van der Waals surface area contributed by atoms with Gasteiger partial charge < -0.3 is 19.7 Å². The van der Waals surface area contributed by atoms with Crippen LogP contribution in [0.25, 0.3) is 10.9 Å². The zero-order valence-electron chi connectivity index (χ0n) is 34.0. The van der Waals surface area contributed by atoms with E-state index in [1.807, 2.05) is 45.9 Å². The lowest BCUT2D eigenvalue weighted by atomic mass is 9.73. The number of aromatic nitrogens is 1. The standard InChI is InChI=1S/C45H47F4N7O5/c1-25-12-32-30-6-3-4-7-35(30)50-41(32)42(56(25)19-37(48)49)40-33(46)15-29(16-34(40)47)55-23-45(24-55)10-5-11-54(22-45)39(59)20-53-17-26-13-28(21-57)31(14-27(26)18-53)44(61)52(2)36-8-9-38(58)51-43(36)60/h3-4,6-7,13-16,21,25,36-37,42,50H,5,8-12,17-20,22-24H2,1-2H3,(H,51,58,60)/t25-,36?,42?/m1/s1. The number of amides is 4. The van der Waals surface area contributed by atoms with Crippen LogP contribution < -0.4 is 10.2 Å². The fraction of sp³-hybridized carbons (Fsp3) is 0.444. The van der Waals surface area contributed by atoms with Gasteiger partial charge in [0, 0.05) is 97.6 Å². The number of rotatable bonds is 9. The molecule has 5 aliphatic heterocycles. The van der Waals surface area contributed by atoms with Gasteiger partial charge in [0.05, 0.1) is 24.7 Å². The molecule has 2 unspecified atom stereocenters. The quantitative estimate of drug-likeness (QED) is 0.134. The van der Waals surface area contributed by atoms with Crippen molar-refractivity contribution in [1.82, 2.24) is 29.9 Å². The Morgan fingerprint density at radius 1 is 1.02 bits per heavy atom. The summed E-state index contributed by atoms with van der Waals surface area (Å²) >= 11 is 0. The highest BCUT2D eigenvalue weighted by molar-refractivity contribution is 6.06. The summed E-state index contributed by atoms with van der Waals surface area (Å²) in [5.41, 5.74) is 3.98. The van der Waals surface area contributed by atoms with Crippen molar-refractivity contribution in [2.24, 2.45) is 5.41 Å². The maximum atomic E-state index is 16.3. The summed E-state index contributed by atoms with van der Waals surface area (Å²) in [4.78, 5) is 75.2. The predicted octanol–water partition coefficient (Wildman–Crippen LogP) is 5.18. The molecule has 1 spiro atoms. The van der Waals surface area contributed by atoms with Gasteiger partial charge >= 0.3 is 0 Å². The molecular formula is C45H47F4N7O5. The van der Waals surface area contributed by atoms with Gasteiger partial charge in [0.2, 0.25) is 17.7 Å². The Kier molecular flexibility index (Phi) is 10.5. The summed E-state index contributed by atoms with van der Waals surface area (Å²) in [6.45, 7) is 4.12. The topological polar surface area (TPSA) is 129 Å². The molecule has 1 aromatic heterocycles. The van der Waals surface area contributed by atoms with E-state index in [-0.39, 0.29) is 47.4 Å². The normalized spacial score (nSPS) is 22.6. The lowest BCUT2D eigenvalue weighted by Gasteiger charge is -2.55. The monoisotopic (exact) mass is 841 g/mol. The highest BCUT2D eigenvalue weighted by Crippen LogP contribution is 2.46. The largest absolute Gasteiger partial charge is 0.370 e. The maximum absolute atomic E-state index is 16.3. The number of hydrogen-bond acceptors (Lipinski definition) is 8. The molecule has 4 aromatic rings. The number of H-pyrrole nitrogens is 1. The van der Waals surface area contributed by atoms with Gasteiger partial charge in [-0.05, 0) is 79.6 Å². The van der Waals surface area contributed by atoms with Crippen molar-refractivity contribution in [1.29, 1.82) is 0 Å². The predicted molar refractivity (Wildman–Crippen MR) is 217 cm³/mol. The number of likely N-dealkylation sites (tertiary alicyclic amines) is 1. The Morgan fingerprint density at radius 3 is 2.44 bits per heavy atom. The number of carbonyl (C=O) groups excluding carboxylic acids is 5. The Balaban J connectivity index is 0.859. The first kappa shape index (κ1) is 40.8. The third-order valence-corrected chi connectivity index (χ3v) is 13.5. The van der Waals surface area contributed by atoms with E-state index in [1.54, 1.807) is 12.1 Å². The molecule has 9 rings (SSSR count). The van der Waals surface area contributed by atoms with Crippen LogP contribution in [0, 0.1) is 17.0 Å². The smallest absolute Gasteiger partial charge is 0.255 e. The van der Waals surface area contributed by atoms with Gasteiger partial charge in [-0.1, -0.05) is 18.2 Å². The third kappa shape index (κ3) is 7.36. The zero-order chi connectivity index (χ0) is 42.9. The Labute approximate surface area is 349 Å². The fourth-order valence-electron chi connectivity index (χ4n) is 10.5. The van der Waals surface area contributed by atoms with Crippen LogP contribution in [0.5, 0.6) is 0 Å². The molecule has 16 heteroatoms. The number of alkyl halides is 2. The van der Waals surface area contributed by atoms with Gasteiger partial charge in [0.15, 0.2) is 6.29 Å². The molecular weight excluding hydrogens is 795 g/mol. The summed E-state index contributed by atoms with van der Waals surface area (Å²) in [6, 6.07) is 11.1. The molecule has 3 atom stereocenters. The van der Waals surface area contributed by atoms with Crippen LogP contribution in [0.15, 0.2) is 48.5 Å². The average Bonchev–Trinajstić information content (AvgIpc) is 3.79. The number of likely N-dealkylation sites (N-methyl/N-ethyl adjacent to an activating group) is 1. The summed E-state index contributed by atoms with van der Waals surface area (Å²) in [5, 5.41) is 3.17. The Bertz CT molecular complexity index is 2450. The summed E-state index contributed by atoms with van der Waals surface area (Å²) in [5.74, 6) is -3.14. The molecule has 3 fully saturated rings. The van der Waals surface area contributed by atoms with E-state index < -0.39 is 60.5 Å². The number of hydrogen-bond donors (Lipinski definition) is 2. The molecule has 3 saturated heterocycles. The van der Waals surface area contributed by atoms with E-state index in [4.69, 9.17) is 0 Å². The van der Waals surface area contributed by atoms with Crippen molar-refractivity contribution in [2.75, 3.05) is 51.2 Å². The number of piperidine rings is 2. The number of nitrogens with zero attached hydrogens (tertiary/aromatic N) is 5. The number of aldehydes is 1. The average molecular weight is 842 g/mol. The lowest BCUT2D eigenvalue weighted by molar-refractivity contribution is -0.137. The molecule has 4 amide bonds. The first-order chi connectivity index (χ1) is 29.2. The van der Waals surface area contributed by atoms with Crippen LogP contribution in [0.1, 0.15) is 87.3 Å². The van der Waals surface area contributed by atoms with Crippen molar-refractivity contribution in [3.8, 4) is 0 Å². The van der Waals surface area contributed by atoms with Crippen molar-refractivity contribution in [3.05, 3.63) is 99.2 Å². The summed E-state index contributed by atoms with van der Waals surface area (Å²) in [7, 11) is 1.47. The number of para-hydroxylation sites is 1. The van der Waals surface area contributed by atoms with Crippen LogP contribution in [-0.4, -0.2) is 119 Å². The SMILES string of the molecule is C[C@@H]1Cc2c([nH]c3ccccc23)C(c2c(F)cc(N3CC4(CCCN(C(=O)CN5Cc6cc(C=O)c(C(=O)N(C)C7CCC(=O)NC7=O)cc6C5)C4)C3)cc2F)N1CC(F)F. The van der Waals surface area contributed by atoms with E-state index in [0.717, 1.165) is 40.4 Å². The molecule has 2 N–H and O–H groups in total. The molecule has 320 valence electrons. The highest BCUT2D eigenvalue weighted by Gasteiger charge is 2.48. The second-order valence-electron chi connectivity index (χ2n) is 17.6. The van der Waals surface area contributed by atoms with E-state index >= 15 is 8.78 Å². The number of aromatic amines is 1. The molecule has 6 heterocycles. The van der Waals surface area contributed by atoms with Gasteiger partial charge in [-0.25, -0.2) is 17.6 Å². The number of benzene rings is 3. The molecule has 0 saturated carbocycles. The summed E-state index contributed by atoms with van der Waals surface area (Å²) in [6.07, 6.45) is 0.268.